The quantitative estimate of drug-likeness (QED) is 0.585. The summed E-state index contributed by atoms with van der Waals surface area (Å²) in [5, 5.41) is 9.44. The molecule has 1 heterocycles. The molecule has 2 aromatic carbocycles. The van der Waals surface area contributed by atoms with E-state index in [1.54, 1.807) is 24.3 Å². The molecular formula is C21H25N3O4S. The number of hydrogen-bond acceptors (Lipinski definition) is 5. The van der Waals surface area contributed by atoms with E-state index in [1.807, 2.05) is 41.6 Å². The van der Waals surface area contributed by atoms with Crippen LogP contribution >= 0.6 is 0 Å². The number of nitrogens with zero attached hydrogens (tertiary/aromatic N) is 2. The van der Waals surface area contributed by atoms with Gasteiger partial charge in [-0.05, 0) is 43.0 Å². The minimum absolute atomic E-state index is 0.283. The normalized spacial score (nSPS) is 23.0. The highest BCUT2D eigenvalue weighted by molar-refractivity contribution is 7.89. The Morgan fingerprint density at radius 3 is 2.34 bits per heavy atom. The molecule has 0 spiro atoms. The monoisotopic (exact) mass is 415 g/mol. The van der Waals surface area contributed by atoms with E-state index in [0.717, 1.165) is 23.1 Å². The molecule has 0 aromatic heterocycles. The number of piperazine rings is 1. The topological polar surface area (TPSA) is 90.0 Å². The van der Waals surface area contributed by atoms with E-state index in [9.17, 15) is 18.4 Å². The fraction of sp³-hybridized carbons (Fsp3) is 0.381. The molecule has 1 amide bonds. The summed E-state index contributed by atoms with van der Waals surface area (Å²) < 4.78 is 27.4. The van der Waals surface area contributed by atoms with Gasteiger partial charge in [0, 0.05) is 26.2 Å². The number of carbonyl (C=O) groups is 1. The second-order valence-electron chi connectivity index (χ2n) is 7.66. The molecule has 7 nitrogen and oxygen atoms in total. The number of nitrogens with one attached hydrogen (secondary N) is 1. The summed E-state index contributed by atoms with van der Waals surface area (Å²) in [6.07, 6.45) is 1.30. The summed E-state index contributed by atoms with van der Waals surface area (Å²) in [7, 11) is -3.58. The van der Waals surface area contributed by atoms with Crippen LogP contribution < -0.4 is 5.48 Å². The van der Waals surface area contributed by atoms with Crippen LogP contribution in [0.5, 0.6) is 0 Å². The van der Waals surface area contributed by atoms with Crippen molar-refractivity contribution in [1.82, 2.24) is 14.7 Å². The summed E-state index contributed by atoms with van der Waals surface area (Å²) in [5.41, 5.74) is 3.86. The Hall–Kier alpha value is -2.26. The molecule has 1 saturated heterocycles. The van der Waals surface area contributed by atoms with E-state index in [0.29, 0.717) is 32.6 Å². The molecule has 2 aliphatic rings. The molecule has 2 aromatic rings. The van der Waals surface area contributed by atoms with Crippen LogP contribution in [-0.4, -0.2) is 54.9 Å². The first-order valence-electron chi connectivity index (χ1n) is 9.74. The van der Waals surface area contributed by atoms with Crippen molar-refractivity contribution >= 4 is 15.9 Å². The number of rotatable bonds is 4. The molecule has 1 atom stereocenters. The lowest BCUT2D eigenvalue weighted by atomic mass is 9.88. The molecule has 1 fully saturated rings. The van der Waals surface area contributed by atoms with Gasteiger partial charge in [-0.25, -0.2) is 13.9 Å². The average Bonchev–Trinajstić information content (AvgIpc) is 3.14. The van der Waals surface area contributed by atoms with Crippen molar-refractivity contribution in [3.63, 3.8) is 0 Å². The SMILES string of the molecule is Cc1ccc(S(=O)(=O)N2CCN(C3(C(=O)NO)CCc4ccccc43)CC2)cc1. The predicted octanol–water partition coefficient (Wildman–Crippen LogP) is 1.65. The lowest BCUT2D eigenvalue weighted by Gasteiger charge is -2.44. The maximum atomic E-state index is 13.0. The number of carbonyl (C=O) groups excluding carboxylic acids is 1. The highest BCUT2D eigenvalue weighted by Gasteiger charge is 2.50. The van der Waals surface area contributed by atoms with Gasteiger partial charge in [0.15, 0.2) is 0 Å². The second kappa shape index (κ2) is 7.53. The number of hydrogen-bond donors (Lipinski definition) is 2. The number of amides is 1. The Kier molecular flexibility index (Phi) is 5.20. The minimum atomic E-state index is -3.58. The zero-order valence-electron chi connectivity index (χ0n) is 16.3. The first-order chi connectivity index (χ1) is 13.9. The summed E-state index contributed by atoms with van der Waals surface area (Å²) in [6.45, 7) is 3.32. The fourth-order valence-corrected chi connectivity index (χ4v) is 5.98. The van der Waals surface area contributed by atoms with Gasteiger partial charge >= 0.3 is 0 Å². The van der Waals surface area contributed by atoms with Crippen molar-refractivity contribution < 1.29 is 18.4 Å². The molecule has 1 unspecified atom stereocenters. The third-order valence-corrected chi connectivity index (χ3v) is 8.05. The molecule has 0 radical (unpaired) electrons. The van der Waals surface area contributed by atoms with Crippen LogP contribution in [0.3, 0.4) is 0 Å². The Morgan fingerprint density at radius 2 is 1.69 bits per heavy atom. The maximum Gasteiger partial charge on any atom is 0.268 e. The zero-order valence-corrected chi connectivity index (χ0v) is 17.2. The van der Waals surface area contributed by atoms with Crippen molar-refractivity contribution in [3.8, 4) is 0 Å². The number of aryl methyl sites for hydroxylation is 2. The first kappa shape index (κ1) is 20.0. The third kappa shape index (κ3) is 3.26. The highest BCUT2D eigenvalue weighted by Crippen LogP contribution is 2.42. The van der Waals surface area contributed by atoms with E-state index in [-0.39, 0.29) is 4.90 Å². The van der Waals surface area contributed by atoms with Crippen LogP contribution in [0, 0.1) is 6.92 Å². The Morgan fingerprint density at radius 1 is 1.03 bits per heavy atom. The van der Waals surface area contributed by atoms with Crippen LogP contribution in [0.2, 0.25) is 0 Å². The molecule has 1 aliphatic carbocycles. The van der Waals surface area contributed by atoms with E-state index >= 15 is 0 Å². The largest absolute Gasteiger partial charge is 0.289 e. The van der Waals surface area contributed by atoms with Gasteiger partial charge in [0.05, 0.1) is 4.90 Å². The summed E-state index contributed by atoms with van der Waals surface area (Å²) >= 11 is 0. The van der Waals surface area contributed by atoms with Gasteiger partial charge in [-0.2, -0.15) is 4.31 Å². The van der Waals surface area contributed by atoms with E-state index in [4.69, 9.17) is 0 Å². The molecule has 8 heteroatoms. The maximum absolute atomic E-state index is 13.0. The minimum Gasteiger partial charge on any atom is -0.289 e. The fourth-order valence-electron chi connectivity index (χ4n) is 4.56. The number of fused-ring (bicyclic) bond motifs is 1. The number of benzene rings is 2. The molecule has 154 valence electrons. The third-order valence-electron chi connectivity index (χ3n) is 6.13. The lowest BCUT2D eigenvalue weighted by Crippen LogP contribution is -2.60. The van der Waals surface area contributed by atoms with Gasteiger partial charge in [0.2, 0.25) is 10.0 Å². The molecule has 29 heavy (non-hydrogen) atoms. The van der Waals surface area contributed by atoms with Crippen LogP contribution in [0.15, 0.2) is 53.4 Å². The van der Waals surface area contributed by atoms with Crippen LogP contribution in [0.4, 0.5) is 0 Å². The summed E-state index contributed by atoms with van der Waals surface area (Å²) in [5.74, 6) is -0.461. The van der Waals surface area contributed by atoms with Crippen molar-refractivity contribution in [2.24, 2.45) is 0 Å². The Labute approximate surface area is 171 Å². The molecule has 1 aliphatic heterocycles. The highest BCUT2D eigenvalue weighted by atomic mass is 32.2. The van der Waals surface area contributed by atoms with Crippen molar-refractivity contribution in [2.45, 2.75) is 30.2 Å². The smallest absolute Gasteiger partial charge is 0.268 e. The molecule has 4 rings (SSSR count). The average molecular weight is 416 g/mol. The van der Waals surface area contributed by atoms with Crippen LogP contribution in [0.25, 0.3) is 0 Å². The second-order valence-corrected chi connectivity index (χ2v) is 9.60. The number of sulfonamides is 1. The van der Waals surface area contributed by atoms with Gasteiger partial charge in [0.1, 0.15) is 5.54 Å². The standard InChI is InChI=1S/C21H25N3O4S/c1-16-6-8-18(9-7-16)29(27,28)24-14-12-23(13-15-24)21(20(25)22-26)11-10-17-4-2-3-5-19(17)21/h2-9,26H,10-15H2,1H3,(H,22,25). The van der Waals surface area contributed by atoms with Crippen molar-refractivity contribution in [3.05, 3.63) is 65.2 Å². The van der Waals surface area contributed by atoms with Crippen molar-refractivity contribution in [1.29, 1.82) is 0 Å². The van der Waals surface area contributed by atoms with Crippen LogP contribution in [0.1, 0.15) is 23.1 Å². The van der Waals surface area contributed by atoms with Gasteiger partial charge in [0.25, 0.3) is 5.91 Å². The van der Waals surface area contributed by atoms with E-state index in [1.165, 1.54) is 4.31 Å². The molecule has 2 N–H and O–H groups in total. The van der Waals surface area contributed by atoms with E-state index in [2.05, 4.69) is 0 Å². The molecular weight excluding hydrogens is 390 g/mol. The van der Waals surface area contributed by atoms with Gasteiger partial charge in [-0.15, -0.1) is 0 Å². The zero-order chi connectivity index (χ0) is 20.6. The van der Waals surface area contributed by atoms with Gasteiger partial charge in [-0.3, -0.25) is 14.9 Å². The summed E-state index contributed by atoms with van der Waals surface area (Å²) in [4.78, 5) is 15.1. The Balaban J connectivity index is 1.58. The Bertz CT molecular complexity index is 1010. The summed E-state index contributed by atoms with van der Waals surface area (Å²) in [6, 6.07) is 14.6. The lowest BCUT2D eigenvalue weighted by molar-refractivity contribution is -0.144. The van der Waals surface area contributed by atoms with Crippen molar-refractivity contribution in [2.75, 3.05) is 26.2 Å². The van der Waals surface area contributed by atoms with Crippen LogP contribution in [-0.2, 0) is 26.8 Å². The first-order valence-corrected chi connectivity index (χ1v) is 11.2. The number of hydroxylamine groups is 1. The van der Waals surface area contributed by atoms with Gasteiger partial charge in [-0.1, -0.05) is 42.0 Å². The molecule has 0 bridgehead atoms. The van der Waals surface area contributed by atoms with Gasteiger partial charge < -0.3 is 0 Å². The van der Waals surface area contributed by atoms with E-state index < -0.39 is 21.5 Å². The molecule has 0 saturated carbocycles. The predicted molar refractivity (Wildman–Crippen MR) is 108 cm³/mol.